The molecule has 14 heavy (non-hydrogen) atoms. The Morgan fingerprint density at radius 2 is 2.07 bits per heavy atom. The van der Waals surface area contributed by atoms with Crippen LogP contribution in [-0.4, -0.2) is 24.2 Å². The summed E-state index contributed by atoms with van der Waals surface area (Å²) >= 11 is 0. The molecule has 0 aliphatic carbocycles. The molecule has 1 aromatic carbocycles. The SMILES string of the molecule is CN(C)c1ccccc1-c1n[c]on1. The molecule has 0 saturated carbocycles. The highest BCUT2D eigenvalue weighted by atomic mass is 16.5. The van der Waals surface area contributed by atoms with E-state index in [1.54, 1.807) is 0 Å². The zero-order chi connectivity index (χ0) is 9.97. The van der Waals surface area contributed by atoms with Crippen molar-refractivity contribution in [2.24, 2.45) is 0 Å². The fourth-order valence-corrected chi connectivity index (χ4v) is 1.31. The van der Waals surface area contributed by atoms with E-state index in [9.17, 15) is 0 Å². The van der Waals surface area contributed by atoms with Crippen molar-refractivity contribution in [3.05, 3.63) is 30.7 Å². The number of nitrogens with zero attached hydrogens (tertiary/aromatic N) is 3. The zero-order valence-corrected chi connectivity index (χ0v) is 8.06. The minimum absolute atomic E-state index is 0.564. The molecule has 0 spiro atoms. The Kier molecular flexibility index (Phi) is 2.18. The minimum Gasteiger partial charge on any atom is -0.377 e. The molecule has 0 aliphatic rings. The third-order valence-electron chi connectivity index (χ3n) is 1.95. The van der Waals surface area contributed by atoms with Gasteiger partial charge in [-0.3, -0.25) is 0 Å². The Bertz CT molecular complexity index is 409. The fraction of sp³-hybridized carbons (Fsp3) is 0.200. The zero-order valence-electron chi connectivity index (χ0n) is 8.06. The second kappa shape index (κ2) is 3.49. The van der Waals surface area contributed by atoms with Gasteiger partial charge in [-0.2, -0.15) is 4.98 Å². The van der Waals surface area contributed by atoms with E-state index in [-0.39, 0.29) is 0 Å². The Balaban J connectivity index is 2.53. The molecule has 0 amide bonds. The lowest BCUT2D eigenvalue weighted by atomic mass is 10.1. The number of hydrogen-bond donors (Lipinski definition) is 0. The number of benzene rings is 1. The summed E-state index contributed by atoms with van der Waals surface area (Å²) in [6.45, 7) is 0. The molecule has 2 rings (SSSR count). The van der Waals surface area contributed by atoms with Gasteiger partial charge in [0.1, 0.15) is 0 Å². The van der Waals surface area contributed by atoms with E-state index in [1.165, 1.54) is 0 Å². The van der Waals surface area contributed by atoms with Crippen molar-refractivity contribution in [3.8, 4) is 11.4 Å². The molecule has 1 heterocycles. The predicted molar refractivity (Wildman–Crippen MR) is 52.9 cm³/mol. The summed E-state index contributed by atoms with van der Waals surface area (Å²) in [7, 11) is 3.95. The van der Waals surface area contributed by atoms with Gasteiger partial charge in [-0.25, -0.2) is 0 Å². The smallest absolute Gasteiger partial charge is 0.316 e. The van der Waals surface area contributed by atoms with Gasteiger partial charge in [0.2, 0.25) is 5.82 Å². The monoisotopic (exact) mass is 188 g/mol. The van der Waals surface area contributed by atoms with Crippen LogP contribution in [-0.2, 0) is 0 Å². The van der Waals surface area contributed by atoms with Crippen molar-refractivity contribution < 1.29 is 4.52 Å². The second-order valence-corrected chi connectivity index (χ2v) is 3.12. The van der Waals surface area contributed by atoms with E-state index in [0.717, 1.165) is 11.3 Å². The van der Waals surface area contributed by atoms with Crippen LogP contribution in [0, 0.1) is 6.39 Å². The van der Waals surface area contributed by atoms with E-state index < -0.39 is 0 Å². The summed E-state index contributed by atoms with van der Waals surface area (Å²) in [5.41, 5.74) is 2.00. The molecule has 0 aliphatic heterocycles. The molecule has 0 saturated heterocycles. The van der Waals surface area contributed by atoms with Crippen LogP contribution in [0.25, 0.3) is 11.4 Å². The van der Waals surface area contributed by atoms with E-state index in [4.69, 9.17) is 0 Å². The summed E-state index contributed by atoms with van der Waals surface area (Å²) in [4.78, 5) is 5.91. The molecule has 0 N–H and O–H groups in total. The molecular weight excluding hydrogens is 178 g/mol. The second-order valence-electron chi connectivity index (χ2n) is 3.12. The van der Waals surface area contributed by atoms with Gasteiger partial charge in [0.05, 0.1) is 0 Å². The number of hydrogen-bond acceptors (Lipinski definition) is 4. The molecule has 0 bridgehead atoms. The topological polar surface area (TPSA) is 42.2 Å². The Hall–Kier alpha value is -1.84. The molecule has 4 nitrogen and oxygen atoms in total. The van der Waals surface area contributed by atoms with Gasteiger partial charge in [-0.15, -0.1) is 0 Å². The Morgan fingerprint density at radius 1 is 1.29 bits per heavy atom. The number of rotatable bonds is 2. The molecule has 1 radical (unpaired) electrons. The van der Waals surface area contributed by atoms with Crippen LogP contribution >= 0.6 is 0 Å². The van der Waals surface area contributed by atoms with Gasteiger partial charge < -0.3 is 9.42 Å². The molecular formula is C10H10N3O. The van der Waals surface area contributed by atoms with Gasteiger partial charge in [-0.05, 0) is 12.1 Å². The van der Waals surface area contributed by atoms with Crippen molar-refractivity contribution in [1.82, 2.24) is 10.1 Å². The summed E-state index contributed by atoms with van der Waals surface area (Å²) in [6.07, 6.45) is 2.34. The molecule has 2 aromatic rings. The largest absolute Gasteiger partial charge is 0.377 e. The number of aromatic nitrogens is 2. The lowest BCUT2D eigenvalue weighted by Crippen LogP contribution is -2.09. The minimum atomic E-state index is 0.564. The Labute approximate surface area is 82.2 Å². The van der Waals surface area contributed by atoms with Crippen molar-refractivity contribution in [2.45, 2.75) is 0 Å². The van der Waals surface area contributed by atoms with E-state index in [0.29, 0.717) is 5.82 Å². The average molecular weight is 188 g/mol. The summed E-state index contributed by atoms with van der Waals surface area (Å²) in [5.74, 6) is 0.564. The lowest BCUT2D eigenvalue weighted by Gasteiger charge is -2.14. The lowest BCUT2D eigenvalue weighted by molar-refractivity contribution is 0.411. The number of anilines is 1. The van der Waals surface area contributed by atoms with E-state index >= 15 is 0 Å². The predicted octanol–water partition coefficient (Wildman–Crippen LogP) is 1.60. The van der Waals surface area contributed by atoms with Crippen LogP contribution in [0.4, 0.5) is 5.69 Å². The third kappa shape index (κ3) is 1.46. The van der Waals surface area contributed by atoms with Crippen molar-refractivity contribution in [3.63, 3.8) is 0 Å². The standard InChI is InChI=1S/C10H10N3O/c1-13(2)9-6-4-3-5-8(9)10-11-7-14-12-10/h3-6H,1-2H3. The molecule has 0 atom stereocenters. The first kappa shape index (κ1) is 8.74. The van der Waals surface area contributed by atoms with Gasteiger partial charge >= 0.3 is 6.39 Å². The summed E-state index contributed by atoms with van der Waals surface area (Å²) < 4.78 is 4.60. The average Bonchev–Trinajstić information content (AvgIpc) is 2.70. The molecule has 4 heteroatoms. The van der Waals surface area contributed by atoms with Gasteiger partial charge in [0, 0.05) is 25.3 Å². The van der Waals surface area contributed by atoms with E-state index in [2.05, 4.69) is 21.1 Å². The third-order valence-corrected chi connectivity index (χ3v) is 1.95. The summed E-state index contributed by atoms with van der Waals surface area (Å²) in [5, 5.41) is 3.76. The maximum Gasteiger partial charge on any atom is 0.316 e. The highest BCUT2D eigenvalue weighted by Crippen LogP contribution is 2.26. The Morgan fingerprint density at radius 3 is 2.71 bits per heavy atom. The fourth-order valence-electron chi connectivity index (χ4n) is 1.31. The first-order valence-electron chi connectivity index (χ1n) is 4.25. The van der Waals surface area contributed by atoms with Crippen LogP contribution in [0.1, 0.15) is 0 Å². The van der Waals surface area contributed by atoms with Crippen LogP contribution in [0.5, 0.6) is 0 Å². The van der Waals surface area contributed by atoms with Crippen LogP contribution in [0.15, 0.2) is 28.8 Å². The molecule has 71 valence electrons. The number of para-hydroxylation sites is 1. The van der Waals surface area contributed by atoms with Crippen molar-refractivity contribution in [1.29, 1.82) is 0 Å². The van der Waals surface area contributed by atoms with E-state index in [1.807, 2.05) is 43.3 Å². The summed E-state index contributed by atoms with van der Waals surface area (Å²) in [6, 6.07) is 7.88. The van der Waals surface area contributed by atoms with Crippen LogP contribution in [0.2, 0.25) is 0 Å². The molecule has 0 fully saturated rings. The van der Waals surface area contributed by atoms with Gasteiger partial charge in [0.15, 0.2) is 0 Å². The van der Waals surface area contributed by atoms with Crippen LogP contribution < -0.4 is 4.90 Å². The quantitative estimate of drug-likeness (QED) is 0.718. The maximum atomic E-state index is 4.60. The molecule has 0 unspecified atom stereocenters. The maximum absolute atomic E-state index is 4.60. The first-order chi connectivity index (χ1) is 6.79. The molecule has 1 aromatic heterocycles. The normalized spacial score (nSPS) is 10.1. The first-order valence-corrected chi connectivity index (χ1v) is 4.25. The van der Waals surface area contributed by atoms with Crippen molar-refractivity contribution in [2.75, 3.05) is 19.0 Å². The highest BCUT2D eigenvalue weighted by Gasteiger charge is 2.09. The van der Waals surface area contributed by atoms with Crippen molar-refractivity contribution >= 4 is 5.69 Å². The highest BCUT2D eigenvalue weighted by molar-refractivity contribution is 5.73. The van der Waals surface area contributed by atoms with Gasteiger partial charge in [0.25, 0.3) is 0 Å². The van der Waals surface area contributed by atoms with Crippen LogP contribution in [0.3, 0.4) is 0 Å². The van der Waals surface area contributed by atoms with Gasteiger partial charge in [-0.1, -0.05) is 17.3 Å².